The monoisotopic (exact) mass is 517 g/mol. The summed E-state index contributed by atoms with van der Waals surface area (Å²) in [6, 6.07) is 9.83. The zero-order chi connectivity index (χ0) is 26.9. The third-order valence-electron chi connectivity index (χ3n) is 6.10. The first-order valence-corrected chi connectivity index (χ1v) is 11.1. The number of hydrogen-bond acceptors (Lipinski definition) is 5. The molecule has 0 bridgehead atoms. The zero-order valence-electron chi connectivity index (χ0n) is 20.1. The number of hydrogen-bond donors (Lipinski definition) is 1. The fourth-order valence-electron chi connectivity index (χ4n) is 4.27. The number of benzene rings is 2. The van der Waals surface area contributed by atoms with E-state index in [4.69, 9.17) is 13.9 Å². The molecule has 4 rings (SSSR count). The average molecular weight is 517 g/mol. The number of alkyl halides is 3. The van der Waals surface area contributed by atoms with Crippen molar-refractivity contribution < 1.29 is 41.4 Å². The average Bonchev–Trinajstić information content (AvgIpc) is 3.45. The Bertz CT molecular complexity index is 1370. The number of carbonyl (C=O) groups is 1. The summed E-state index contributed by atoms with van der Waals surface area (Å²) in [4.78, 5) is 12.7. The maximum Gasteiger partial charge on any atom is 0.487 e. The molecule has 0 radical (unpaired) electrons. The predicted octanol–water partition coefficient (Wildman–Crippen LogP) is 6.41. The smallest absolute Gasteiger partial charge is 0.487 e. The van der Waals surface area contributed by atoms with Crippen LogP contribution >= 0.6 is 0 Å². The molecule has 1 heterocycles. The van der Waals surface area contributed by atoms with Gasteiger partial charge in [0, 0.05) is 0 Å². The Balaban J connectivity index is 1.77. The van der Waals surface area contributed by atoms with Gasteiger partial charge in [0.1, 0.15) is 11.6 Å². The molecule has 10 heteroatoms. The van der Waals surface area contributed by atoms with Crippen molar-refractivity contribution in [1.29, 1.82) is 0 Å². The van der Waals surface area contributed by atoms with Gasteiger partial charge < -0.3 is 19.0 Å². The number of methoxy groups -OCH3 is 2. The molecule has 0 unspecified atom stereocenters. The molecule has 0 atom stereocenters. The maximum absolute atomic E-state index is 14.2. The molecule has 3 aromatic rings. The number of furan rings is 1. The summed E-state index contributed by atoms with van der Waals surface area (Å²) in [5.74, 6) is -1.70. The van der Waals surface area contributed by atoms with Crippen molar-refractivity contribution in [2.24, 2.45) is 0 Å². The van der Waals surface area contributed by atoms with Crippen LogP contribution in [0.2, 0.25) is 0 Å². The molecule has 0 saturated heterocycles. The van der Waals surface area contributed by atoms with E-state index >= 15 is 0 Å². The van der Waals surface area contributed by atoms with Gasteiger partial charge in [-0.2, -0.15) is 0 Å². The van der Waals surface area contributed by atoms with Crippen molar-refractivity contribution in [2.45, 2.75) is 26.2 Å². The van der Waals surface area contributed by atoms with E-state index in [1.54, 1.807) is 25.1 Å². The molecule has 194 valence electrons. The van der Waals surface area contributed by atoms with Crippen LogP contribution in [0.15, 0.2) is 58.7 Å². The van der Waals surface area contributed by atoms with E-state index < -0.39 is 31.0 Å². The number of carbonyl (C=O) groups excluding carboxylic acids is 1. The quantitative estimate of drug-likeness (QED) is 0.290. The number of aromatic hydroxyl groups is 1. The van der Waals surface area contributed by atoms with Crippen LogP contribution in [0.5, 0.6) is 17.2 Å². The number of rotatable bonds is 7. The fraction of sp³-hybridized carbons (Fsp3) is 0.222. The molecular weight excluding hydrogens is 494 g/mol. The fourth-order valence-corrected chi connectivity index (χ4v) is 4.27. The van der Waals surface area contributed by atoms with Crippen LogP contribution in [0.25, 0.3) is 17.2 Å². The number of amides is 1. The number of allylic oxidation sites excluding steroid dienone is 2. The molecule has 1 aliphatic carbocycles. The van der Waals surface area contributed by atoms with Crippen molar-refractivity contribution in [2.75, 3.05) is 14.2 Å². The standard InChI is InChI=1S/C27H23F4NO5/c1-15-20(9-16-10-23(35-2)26(34)24(11-16)36-3)19-7-6-17(28)12-22(19)21(15)13-25(33)32(27(29,30)31)14-18-5-4-8-37-18/h4-12,34H,13-14H2,1-3H3/b20-9-. The van der Waals surface area contributed by atoms with Crippen LogP contribution in [0.3, 0.4) is 0 Å². The van der Waals surface area contributed by atoms with E-state index in [1.165, 1.54) is 50.8 Å². The van der Waals surface area contributed by atoms with Gasteiger partial charge in [0.2, 0.25) is 11.7 Å². The Kier molecular flexibility index (Phi) is 7.02. The maximum atomic E-state index is 14.2. The van der Waals surface area contributed by atoms with Crippen LogP contribution in [0, 0.1) is 5.82 Å². The number of phenolic OH excluding ortho intramolecular Hbond substituents is 1. The lowest BCUT2D eigenvalue weighted by molar-refractivity contribution is -0.244. The Morgan fingerprint density at radius 1 is 1.08 bits per heavy atom. The highest BCUT2D eigenvalue weighted by atomic mass is 19.4. The van der Waals surface area contributed by atoms with Crippen LogP contribution in [0.4, 0.5) is 17.6 Å². The minimum Gasteiger partial charge on any atom is -0.502 e. The van der Waals surface area contributed by atoms with Gasteiger partial charge in [-0.3, -0.25) is 4.79 Å². The highest BCUT2D eigenvalue weighted by Crippen LogP contribution is 2.46. The molecule has 6 nitrogen and oxygen atoms in total. The molecule has 2 aromatic carbocycles. The van der Waals surface area contributed by atoms with Gasteiger partial charge in [-0.1, -0.05) is 6.07 Å². The number of nitrogens with zero attached hydrogens (tertiary/aromatic N) is 1. The van der Waals surface area contributed by atoms with Gasteiger partial charge in [-0.05, 0) is 82.8 Å². The van der Waals surface area contributed by atoms with E-state index in [9.17, 15) is 27.5 Å². The summed E-state index contributed by atoms with van der Waals surface area (Å²) in [5, 5.41) is 10.2. The van der Waals surface area contributed by atoms with Crippen molar-refractivity contribution in [3.63, 3.8) is 0 Å². The molecule has 0 saturated carbocycles. The minimum absolute atomic E-state index is 0.0231. The van der Waals surface area contributed by atoms with E-state index in [0.29, 0.717) is 27.8 Å². The van der Waals surface area contributed by atoms with Gasteiger partial charge in [0.15, 0.2) is 11.5 Å². The van der Waals surface area contributed by atoms with Crippen molar-refractivity contribution in [3.05, 3.63) is 82.6 Å². The molecule has 1 amide bonds. The van der Waals surface area contributed by atoms with E-state index in [-0.39, 0.29) is 33.5 Å². The molecule has 1 N–H and O–H groups in total. The molecule has 1 aromatic heterocycles. The predicted molar refractivity (Wildman–Crippen MR) is 128 cm³/mol. The van der Waals surface area contributed by atoms with Crippen molar-refractivity contribution in [3.8, 4) is 17.2 Å². The molecule has 0 aliphatic heterocycles. The van der Waals surface area contributed by atoms with E-state index in [2.05, 4.69) is 0 Å². The lowest BCUT2D eigenvalue weighted by Gasteiger charge is -2.24. The second-order valence-corrected chi connectivity index (χ2v) is 8.33. The molecule has 37 heavy (non-hydrogen) atoms. The van der Waals surface area contributed by atoms with Crippen molar-refractivity contribution in [1.82, 2.24) is 4.90 Å². The second kappa shape index (κ2) is 10.0. The highest BCUT2D eigenvalue weighted by molar-refractivity contribution is 6.08. The molecule has 1 aliphatic rings. The summed E-state index contributed by atoms with van der Waals surface area (Å²) in [6.07, 6.45) is -2.62. The Morgan fingerprint density at radius 2 is 1.76 bits per heavy atom. The van der Waals surface area contributed by atoms with Gasteiger partial charge >= 0.3 is 6.30 Å². The molecule has 0 fully saturated rings. The van der Waals surface area contributed by atoms with Gasteiger partial charge in [0.05, 0.1) is 33.4 Å². The highest BCUT2D eigenvalue weighted by Gasteiger charge is 2.42. The molecular formula is C27H23F4NO5. The van der Waals surface area contributed by atoms with Crippen LogP contribution in [-0.2, 0) is 11.3 Å². The lowest BCUT2D eigenvalue weighted by atomic mass is 10.00. The summed E-state index contributed by atoms with van der Waals surface area (Å²) in [7, 11) is 2.76. The SMILES string of the molecule is COc1cc(/C=C2/C(C)=C(CC(=O)N(Cc3ccco3)C(F)(F)F)c3cc(F)ccc32)cc(OC)c1O. The van der Waals surface area contributed by atoms with Gasteiger partial charge in [-0.25, -0.2) is 9.29 Å². The summed E-state index contributed by atoms with van der Waals surface area (Å²) >= 11 is 0. The zero-order valence-corrected chi connectivity index (χ0v) is 20.1. The first-order chi connectivity index (χ1) is 17.5. The van der Waals surface area contributed by atoms with Crippen LogP contribution < -0.4 is 9.47 Å². The summed E-state index contributed by atoms with van der Waals surface area (Å²) in [6.45, 7) is 0.874. The topological polar surface area (TPSA) is 72.1 Å². The number of phenols is 1. The number of halogens is 4. The third kappa shape index (κ3) is 5.18. The number of ether oxygens (including phenoxy) is 2. The first-order valence-electron chi connectivity index (χ1n) is 11.1. The minimum atomic E-state index is -4.94. The Morgan fingerprint density at radius 3 is 2.32 bits per heavy atom. The summed E-state index contributed by atoms with van der Waals surface area (Å²) in [5.41, 5.74) is 2.81. The number of fused-ring (bicyclic) bond motifs is 1. The summed E-state index contributed by atoms with van der Waals surface area (Å²) < 4.78 is 70.9. The normalized spacial score (nSPS) is 14.2. The van der Waals surface area contributed by atoms with Crippen molar-refractivity contribution >= 4 is 23.1 Å². The lowest BCUT2D eigenvalue weighted by Crippen LogP contribution is -2.42. The Labute approximate surface area is 210 Å². The van der Waals surface area contributed by atoms with Gasteiger partial charge in [0.25, 0.3) is 0 Å². The van der Waals surface area contributed by atoms with Gasteiger partial charge in [-0.15, -0.1) is 13.2 Å². The molecule has 0 spiro atoms. The largest absolute Gasteiger partial charge is 0.502 e. The van der Waals surface area contributed by atoms with E-state index in [0.717, 1.165) is 0 Å². The third-order valence-corrected chi connectivity index (χ3v) is 6.10. The van der Waals surface area contributed by atoms with Crippen LogP contribution in [-0.4, -0.2) is 36.4 Å². The van der Waals surface area contributed by atoms with E-state index in [1.807, 2.05) is 0 Å². The first kappa shape index (κ1) is 25.9. The Hall–Kier alpha value is -4.21. The van der Waals surface area contributed by atoms with Crippen LogP contribution in [0.1, 0.15) is 35.8 Å². The second-order valence-electron chi connectivity index (χ2n) is 8.33.